The van der Waals surface area contributed by atoms with Crippen LogP contribution in [0.15, 0.2) is 24.3 Å². The van der Waals surface area contributed by atoms with E-state index in [2.05, 4.69) is 27.2 Å². The number of benzene rings is 1. The molecule has 0 aromatic heterocycles. The molecule has 2 N–H and O–H groups in total. The van der Waals surface area contributed by atoms with Gasteiger partial charge in [-0.3, -0.25) is 4.79 Å². The average molecular weight is 399 g/mol. The highest BCUT2D eigenvalue weighted by Crippen LogP contribution is 2.40. The number of nitrogens with zero attached hydrogens (tertiary/aromatic N) is 1. The maximum absolute atomic E-state index is 12.5. The minimum atomic E-state index is -4.68. The Morgan fingerprint density at radius 1 is 1.25 bits per heavy atom. The van der Waals surface area contributed by atoms with Crippen molar-refractivity contribution in [2.75, 3.05) is 25.0 Å². The first-order valence-electron chi connectivity index (χ1n) is 9.89. The van der Waals surface area contributed by atoms with E-state index in [1.807, 2.05) is 0 Å². The van der Waals surface area contributed by atoms with Gasteiger partial charge in [-0.05, 0) is 56.5 Å². The topological polar surface area (TPSA) is 53.6 Å². The summed E-state index contributed by atoms with van der Waals surface area (Å²) in [7, 11) is 1.81. The van der Waals surface area contributed by atoms with Gasteiger partial charge < -0.3 is 20.3 Å². The van der Waals surface area contributed by atoms with Gasteiger partial charge >= 0.3 is 6.36 Å². The molecule has 1 amide bonds. The number of carbonyl (C=O) groups excluding carboxylic acids is 1. The number of amides is 1. The molecule has 1 aliphatic carbocycles. The number of likely N-dealkylation sites (N-methyl/N-ethyl adjacent to an activating group) is 1. The van der Waals surface area contributed by atoms with Crippen molar-refractivity contribution in [2.45, 2.75) is 51.1 Å². The highest BCUT2D eigenvalue weighted by atomic mass is 19.4. The Morgan fingerprint density at radius 3 is 2.57 bits per heavy atom. The molecule has 1 saturated carbocycles. The Morgan fingerprint density at radius 2 is 1.96 bits per heavy atom. The summed E-state index contributed by atoms with van der Waals surface area (Å²) in [6.07, 6.45) is -0.894. The van der Waals surface area contributed by atoms with Crippen LogP contribution in [0.1, 0.15) is 32.6 Å². The summed E-state index contributed by atoms with van der Waals surface area (Å²) >= 11 is 0. The zero-order valence-corrected chi connectivity index (χ0v) is 16.3. The number of carbonyl (C=O) groups is 1. The molecule has 156 valence electrons. The van der Waals surface area contributed by atoms with E-state index in [-0.39, 0.29) is 23.7 Å². The largest absolute Gasteiger partial charge is 0.573 e. The van der Waals surface area contributed by atoms with Crippen LogP contribution in [-0.2, 0) is 4.79 Å². The molecular weight excluding hydrogens is 371 g/mol. The van der Waals surface area contributed by atoms with Gasteiger partial charge in [0.05, 0.1) is 6.04 Å². The van der Waals surface area contributed by atoms with E-state index in [0.717, 1.165) is 44.5 Å². The van der Waals surface area contributed by atoms with Crippen molar-refractivity contribution in [3.05, 3.63) is 24.3 Å². The number of alkyl halides is 3. The van der Waals surface area contributed by atoms with E-state index in [4.69, 9.17) is 0 Å². The quantitative estimate of drug-likeness (QED) is 0.739. The van der Waals surface area contributed by atoms with Crippen LogP contribution in [0.5, 0.6) is 5.75 Å². The van der Waals surface area contributed by atoms with Crippen LogP contribution in [0, 0.1) is 11.8 Å². The SMILES string of the molecule is CCC[C@H](NC)C(=O)N[C@H]1CC[C@@H]2CN(c3ccc(OC(F)(F)F)cc3)C[C@@H]21. The van der Waals surface area contributed by atoms with Crippen LogP contribution < -0.4 is 20.3 Å². The molecule has 3 rings (SSSR count). The van der Waals surface area contributed by atoms with Crippen molar-refractivity contribution in [3.8, 4) is 5.75 Å². The van der Waals surface area contributed by atoms with Gasteiger partial charge in [-0.2, -0.15) is 0 Å². The van der Waals surface area contributed by atoms with Gasteiger partial charge in [0, 0.05) is 30.7 Å². The van der Waals surface area contributed by atoms with Crippen molar-refractivity contribution >= 4 is 11.6 Å². The fraction of sp³-hybridized carbons (Fsp3) is 0.650. The van der Waals surface area contributed by atoms with Crippen LogP contribution in [0.25, 0.3) is 0 Å². The summed E-state index contributed by atoms with van der Waals surface area (Å²) in [5.74, 6) is 0.710. The molecule has 1 aromatic rings. The Balaban J connectivity index is 1.59. The fourth-order valence-corrected chi connectivity index (χ4v) is 4.49. The van der Waals surface area contributed by atoms with Gasteiger partial charge in [0.2, 0.25) is 5.91 Å². The lowest BCUT2D eigenvalue weighted by molar-refractivity contribution is -0.274. The molecule has 8 heteroatoms. The Labute approximate surface area is 163 Å². The van der Waals surface area contributed by atoms with E-state index in [9.17, 15) is 18.0 Å². The van der Waals surface area contributed by atoms with E-state index >= 15 is 0 Å². The van der Waals surface area contributed by atoms with Crippen molar-refractivity contribution < 1.29 is 22.7 Å². The van der Waals surface area contributed by atoms with Gasteiger partial charge in [0.15, 0.2) is 0 Å². The smallest absolute Gasteiger partial charge is 0.406 e. The van der Waals surface area contributed by atoms with Gasteiger partial charge in [0.25, 0.3) is 0 Å². The summed E-state index contributed by atoms with van der Waals surface area (Å²) in [5.41, 5.74) is 0.882. The second-order valence-corrected chi connectivity index (χ2v) is 7.69. The number of rotatable bonds is 7. The van der Waals surface area contributed by atoms with E-state index in [1.54, 1.807) is 19.2 Å². The maximum atomic E-state index is 12.5. The number of fused-ring (bicyclic) bond motifs is 1. The number of ether oxygens (including phenoxy) is 1. The molecule has 1 aromatic carbocycles. The second kappa shape index (κ2) is 8.59. The van der Waals surface area contributed by atoms with Gasteiger partial charge in [-0.25, -0.2) is 0 Å². The van der Waals surface area contributed by atoms with Gasteiger partial charge in [-0.1, -0.05) is 13.3 Å². The fourth-order valence-electron chi connectivity index (χ4n) is 4.49. The molecule has 2 aliphatic rings. The maximum Gasteiger partial charge on any atom is 0.573 e. The van der Waals surface area contributed by atoms with E-state index in [0.29, 0.717) is 11.8 Å². The van der Waals surface area contributed by atoms with E-state index < -0.39 is 6.36 Å². The number of anilines is 1. The number of hydrogen-bond acceptors (Lipinski definition) is 4. The molecule has 0 bridgehead atoms. The van der Waals surface area contributed by atoms with Crippen molar-refractivity contribution in [1.82, 2.24) is 10.6 Å². The Kier molecular flexibility index (Phi) is 6.37. The van der Waals surface area contributed by atoms with Crippen LogP contribution in [0.3, 0.4) is 0 Å². The third-order valence-corrected chi connectivity index (χ3v) is 5.86. The summed E-state index contributed by atoms with van der Waals surface area (Å²) in [6.45, 7) is 3.72. The Bertz CT molecular complexity index is 666. The zero-order valence-electron chi connectivity index (χ0n) is 16.3. The minimum Gasteiger partial charge on any atom is -0.406 e. The number of hydrogen-bond donors (Lipinski definition) is 2. The predicted molar refractivity (Wildman–Crippen MR) is 101 cm³/mol. The van der Waals surface area contributed by atoms with Gasteiger partial charge in [-0.15, -0.1) is 13.2 Å². The molecule has 1 heterocycles. The number of halogens is 3. The summed E-state index contributed by atoms with van der Waals surface area (Å²) in [5, 5.41) is 6.30. The summed E-state index contributed by atoms with van der Waals surface area (Å²) in [4.78, 5) is 14.7. The highest BCUT2D eigenvalue weighted by Gasteiger charge is 2.43. The van der Waals surface area contributed by atoms with Crippen LogP contribution >= 0.6 is 0 Å². The molecule has 0 unspecified atom stereocenters. The normalized spacial score (nSPS) is 25.5. The lowest BCUT2D eigenvalue weighted by atomic mass is 9.97. The van der Waals surface area contributed by atoms with Crippen LogP contribution in [-0.4, -0.2) is 44.5 Å². The standard InChI is InChI=1S/C20H28F3N3O2/c1-3-4-18(24-2)19(27)25-17-10-5-13-11-26(12-16(13)17)14-6-8-15(9-7-14)28-20(21,22)23/h6-9,13,16-18,24H,3-5,10-12H2,1-2H3,(H,25,27)/t13-,16+,17+,18+/m1/s1. The molecular formula is C20H28F3N3O2. The van der Waals surface area contributed by atoms with Gasteiger partial charge in [0.1, 0.15) is 5.75 Å². The lowest BCUT2D eigenvalue weighted by Gasteiger charge is -2.25. The van der Waals surface area contributed by atoms with Crippen LogP contribution in [0.4, 0.5) is 18.9 Å². The molecule has 2 fully saturated rings. The molecule has 4 atom stereocenters. The molecule has 0 spiro atoms. The minimum absolute atomic E-state index is 0.0575. The average Bonchev–Trinajstić information content (AvgIpc) is 3.21. The number of nitrogens with one attached hydrogen (secondary N) is 2. The summed E-state index contributed by atoms with van der Waals surface area (Å²) in [6, 6.07) is 6.00. The summed E-state index contributed by atoms with van der Waals surface area (Å²) < 4.78 is 40.9. The second-order valence-electron chi connectivity index (χ2n) is 7.69. The van der Waals surface area contributed by atoms with Crippen molar-refractivity contribution in [1.29, 1.82) is 0 Å². The van der Waals surface area contributed by atoms with E-state index in [1.165, 1.54) is 12.1 Å². The lowest BCUT2D eigenvalue weighted by Crippen LogP contribution is -2.48. The predicted octanol–water partition coefficient (Wildman–Crippen LogP) is 3.30. The highest BCUT2D eigenvalue weighted by molar-refractivity contribution is 5.82. The molecule has 5 nitrogen and oxygen atoms in total. The molecule has 1 aliphatic heterocycles. The molecule has 28 heavy (non-hydrogen) atoms. The molecule has 1 saturated heterocycles. The first kappa shape index (κ1) is 20.8. The van der Waals surface area contributed by atoms with Crippen molar-refractivity contribution in [3.63, 3.8) is 0 Å². The van der Waals surface area contributed by atoms with Crippen molar-refractivity contribution in [2.24, 2.45) is 11.8 Å². The van der Waals surface area contributed by atoms with Crippen LogP contribution in [0.2, 0.25) is 0 Å². The Hall–Kier alpha value is -1.96. The first-order valence-corrected chi connectivity index (χ1v) is 9.89. The third kappa shape index (κ3) is 4.90. The first-order chi connectivity index (χ1) is 13.3. The monoisotopic (exact) mass is 399 g/mol. The molecule has 0 radical (unpaired) electrons. The zero-order chi connectivity index (χ0) is 20.3. The third-order valence-electron chi connectivity index (χ3n) is 5.86.